The Morgan fingerprint density at radius 2 is 2.29 bits per heavy atom. The number of hydrogen-bond donors (Lipinski definition) is 1. The molecule has 0 spiro atoms. The average Bonchev–Trinajstić information content (AvgIpc) is 2.96. The number of pyridine rings is 1. The van der Waals surface area contributed by atoms with Crippen molar-refractivity contribution in [2.45, 2.75) is 0 Å². The summed E-state index contributed by atoms with van der Waals surface area (Å²) in [7, 11) is 1.62. The minimum Gasteiger partial charge on any atom is -0.494 e. The molecule has 0 aromatic carbocycles. The summed E-state index contributed by atoms with van der Waals surface area (Å²) in [6, 6.07) is 1.93. The van der Waals surface area contributed by atoms with Crippen molar-refractivity contribution in [3.05, 3.63) is 35.9 Å². The Morgan fingerprint density at radius 3 is 3.00 bits per heavy atom. The molecule has 0 unspecified atom stereocenters. The van der Waals surface area contributed by atoms with Gasteiger partial charge in [-0.15, -0.1) is 0 Å². The van der Waals surface area contributed by atoms with Gasteiger partial charge in [-0.3, -0.25) is 0 Å². The van der Waals surface area contributed by atoms with E-state index in [1.807, 2.05) is 12.3 Å². The van der Waals surface area contributed by atoms with Crippen molar-refractivity contribution >= 4 is 22.5 Å². The Balaban J connectivity index is 2.27. The first-order valence-electron chi connectivity index (χ1n) is 5.00. The first-order valence-corrected chi connectivity index (χ1v) is 5.38. The van der Waals surface area contributed by atoms with Crippen LogP contribution in [0.3, 0.4) is 0 Å². The van der Waals surface area contributed by atoms with Crippen LogP contribution >= 0.6 is 11.6 Å². The Hall–Kier alpha value is -2.01. The molecule has 0 bridgehead atoms. The quantitative estimate of drug-likeness (QED) is 0.758. The summed E-state index contributed by atoms with van der Waals surface area (Å²) in [5.74, 6) is 1.42. The average molecular weight is 249 g/mol. The number of aromatic nitrogens is 4. The van der Waals surface area contributed by atoms with Crippen LogP contribution in [0.15, 0.2) is 30.9 Å². The van der Waals surface area contributed by atoms with Crippen LogP contribution in [0.25, 0.3) is 16.7 Å². The molecule has 0 radical (unpaired) electrons. The number of aromatic amines is 1. The fraction of sp³-hybridized carbons (Fsp3) is 0.0909. The van der Waals surface area contributed by atoms with Crippen molar-refractivity contribution in [2.75, 3.05) is 7.11 Å². The van der Waals surface area contributed by atoms with Crippen LogP contribution in [-0.2, 0) is 0 Å². The number of hydrogen-bond acceptors (Lipinski definition) is 3. The smallest absolute Gasteiger partial charge is 0.178 e. The van der Waals surface area contributed by atoms with E-state index in [0.717, 1.165) is 16.7 Å². The molecule has 0 amide bonds. The molecular weight excluding hydrogens is 240 g/mol. The van der Waals surface area contributed by atoms with Crippen LogP contribution in [0.2, 0.25) is 5.02 Å². The number of halogens is 1. The Labute approximate surface area is 102 Å². The first-order chi connectivity index (χ1) is 8.29. The van der Waals surface area contributed by atoms with E-state index in [1.165, 1.54) is 0 Å². The van der Waals surface area contributed by atoms with Crippen LogP contribution in [0, 0.1) is 0 Å². The third-order valence-corrected chi connectivity index (χ3v) is 2.72. The van der Waals surface area contributed by atoms with Gasteiger partial charge in [-0.1, -0.05) is 11.6 Å². The Morgan fingerprint density at radius 1 is 1.41 bits per heavy atom. The summed E-state index contributed by atoms with van der Waals surface area (Å²) >= 11 is 5.85. The molecule has 0 aliphatic carbocycles. The maximum absolute atomic E-state index is 5.85. The molecular formula is C11H9ClN4O. The highest BCUT2D eigenvalue weighted by Crippen LogP contribution is 2.27. The summed E-state index contributed by atoms with van der Waals surface area (Å²) in [6.45, 7) is 0. The number of H-pyrrole nitrogens is 1. The molecule has 3 aromatic rings. The minimum atomic E-state index is 0.572. The van der Waals surface area contributed by atoms with Gasteiger partial charge in [0, 0.05) is 11.6 Å². The zero-order valence-corrected chi connectivity index (χ0v) is 9.77. The Bertz CT molecular complexity index is 673. The van der Waals surface area contributed by atoms with Crippen molar-refractivity contribution in [1.29, 1.82) is 0 Å². The molecule has 3 heterocycles. The zero-order chi connectivity index (χ0) is 11.8. The monoisotopic (exact) mass is 248 g/mol. The van der Waals surface area contributed by atoms with Crippen molar-refractivity contribution < 1.29 is 4.74 Å². The van der Waals surface area contributed by atoms with Crippen LogP contribution in [0.5, 0.6) is 5.75 Å². The summed E-state index contributed by atoms with van der Waals surface area (Å²) in [5, 5.41) is 5.67. The highest BCUT2D eigenvalue weighted by Gasteiger charge is 2.11. The molecule has 3 aromatic heterocycles. The van der Waals surface area contributed by atoms with Crippen LogP contribution in [0.4, 0.5) is 0 Å². The van der Waals surface area contributed by atoms with E-state index in [-0.39, 0.29) is 0 Å². The van der Waals surface area contributed by atoms with Crippen molar-refractivity contribution in [3.8, 4) is 11.6 Å². The van der Waals surface area contributed by atoms with Gasteiger partial charge in [-0.05, 0) is 6.07 Å². The molecule has 0 fully saturated rings. The highest BCUT2D eigenvalue weighted by atomic mass is 35.5. The number of rotatable bonds is 2. The zero-order valence-electron chi connectivity index (χ0n) is 9.01. The van der Waals surface area contributed by atoms with Crippen molar-refractivity contribution in [2.24, 2.45) is 0 Å². The number of nitrogens with zero attached hydrogens (tertiary/aromatic N) is 3. The van der Waals surface area contributed by atoms with Gasteiger partial charge in [0.25, 0.3) is 0 Å². The minimum absolute atomic E-state index is 0.572. The molecule has 1 N–H and O–H groups in total. The van der Waals surface area contributed by atoms with E-state index < -0.39 is 0 Å². The molecule has 0 saturated heterocycles. The van der Waals surface area contributed by atoms with E-state index in [1.54, 1.807) is 30.4 Å². The van der Waals surface area contributed by atoms with Crippen molar-refractivity contribution in [1.82, 2.24) is 19.7 Å². The summed E-state index contributed by atoms with van der Waals surface area (Å²) in [6.07, 6.45) is 6.78. The second kappa shape index (κ2) is 3.78. The van der Waals surface area contributed by atoms with Crippen LogP contribution in [-0.4, -0.2) is 26.9 Å². The molecule has 5 nitrogen and oxygen atoms in total. The number of ether oxygens (including phenoxy) is 1. The molecule has 17 heavy (non-hydrogen) atoms. The van der Waals surface area contributed by atoms with E-state index in [9.17, 15) is 0 Å². The standard InChI is InChI=1S/C11H9ClN4O/c1-17-9-5-14-11(10-8(9)2-3-13-10)16-6-7(12)4-15-16/h2-6,13H,1H3. The van der Waals surface area contributed by atoms with Gasteiger partial charge in [-0.25, -0.2) is 9.67 Å². The van der Waals surface area contributed by atoms with Gasteiger partial charge in [-0.2, -0.15) is 5.10 Å². The second-order valence-corrected chi connectivity index (χ2v) is 3.96. The topological polar surface area (TPSA) is 55.7 Å². The van der Waals surface area contributed by atoms with Crippen molar-refractivity contribution in [3.63, 3.8) is 0 Å². The van der Waals surface area contributed by atoms with Gasteiger partial charge >= 0.3 is 0 Å². The van der Waals surface area contributed by atoms with Crippen LogP contribution in [0.1, 0.15) is 0 Å². The lowest BCUT2D eigenvalue weighted by molar-refractivity contribution is 0.418. The molecule has 0 aliphatic heterocycles. The lowest BCUT2D eigenvalue weighted by Crippen LogP contribution is -1.99. The molecule has 0 aliphatic rings. The van der Waals surface area contributed by atoms with E-state index in [4.69, 9.17) is 16.3 Å². The van der Waals surface area contributed by atoms with Crippen LogP contribution < -0.4 is 4.74 Å². The Kier molecular flexibility index (Phi) is 2.26. The summed E-state index contributed by atoms with van der Waals surface area (Å²) < 4.78 is 6.87. The predicted molar refractivity (Wildman–Crippen MR) is 64.8 cm³/mol. The molecule has 86 valence electrons. The molecule has 3 rings (SSSR count). The maximum atomic E-state index is 5.85. The SMILES string of the molecule is COc1cnc(-n2cc(Cl)cn2)c2[nH]ccc12. The number of fused-ring (bicyclic) bond motifs is 1. The van der Waals surface area contributed by atoms with Gasteiger partial charge in [0.15, 0.2) is 5.82 Å². The van der Waals surface area contributed by atoms with E-state index >= 15 is 0 Å². The van der Waals surface area contributed by atoms with E-state index in [2.05, 4.69) is 15.1 Å². The highest BCUT2D eigenvalue weighted by molar-refractivity contribution is 6.30. The normalized spacial score (nSPS) is 10.9. The third-order valence-electron chi connectivity index (χ3n) is 2.53. The lowest BCUT2D eigenvalue weighted by atomic mass is 10.3. The van der Waals surface area contributed by atoms with Gasteiger partial charge in [0.1, 0.15) is 5.75 Å². The van der Waals surface area contributed by atoms with E-state index in [0.29, 0.717) is 10.8 Å². The summed E-state index contributed by atoms with van der Waals surface area (Å²) in [5.41, 5.74) is 0.865. The largest absolute Gasteiger partial charge is 0.494 e. The third kappa shape index (κ3) is 1.55. The van der Waals surface area contributed by atoms with Gasteiger partial charge in [0.05, 0.1) is 36.2 Å². The fourth-order valence-electron chi connectivity index (χ4n) is 1.77. The number of methoxy groups -OCH3 is 1. The molecule has 0 atom stereocenters. The van der Waals surface area contributed by atoms with Gasteiger partial charge in [0.2, 0.25) is 0 Å². The molecule has 0 saturated carbocycles. The number of nitrogens with one attached hydrogen (secondary N) is 1. The molecule has 6 heteroatoms. The predicted octanol–water partition coefficient (Wildman–Crippen LogP) is 2.41. The second-order valence-electron chi connectivity index (χ2n) is 3.52. The lowest BCUT2D eigenvalue weighted by Gasteiger charge is -2.05. The maximum Gasteiger partial charge on any atom is 0.178 e. The summed E-state index contributed by atoms with van der Waals surface area (Å²) in [4.78, 5) is 7.44. The first kappa shape index (κ1) is 10.2. The van der Waals surface area contributed by atoms with Gasteiger partial charge < -0.3 is 9.72 Å². The fourth-order valence-corrected chi connectivity index (χ4v) is 1.90.